The van der Waals surface area contributed by atoms with Crippen molar-refractivity contribution in [1.82, 2.24) is 19.9 Å². The first-order valence-electron chi connectivity index (χ1n) is 6.84. The van der Waals surface area contributed by atoms with Crippen LogP contribution in [0.2, 0.25) is 0 Å². The lowest BCUT2D eigenvalue weighted by molar-refractivity contribution is 0.618. The van der Waals surface area contributed by atoms with Crippen molar-refractivity contribution < 1.29 is 0 Å². The highest BCUT2D eigenvalue weighted by atomic mass is 15.0. The summed E-state index contributed by atoms with van der Waals surface area (Å²) in [5.41, 5.74) is 3.24. The predicted molar refractivity (Wildman–Crippen MR) is 80.5 cm³/mol. The second-order valence-corrected chi connectivity index (χ2v) is 4.91. The van der Waals surface area contributed by atoms with E-state index >= 15 is 0 Å². The Balaban J connectivity index is 2.04. The maximum Gasteiger partial charge on any atom is 0.0947 e. The normalized spacial score (nSPS) is 12.7. The van der Waals surface area contributed by atoms with Gasteiger partial charge in [0.05, 0.1) is 23.6 Å². The first kappa shape index (κ1) is 12.8. The van der Waals surface area contributed by atoms with Crippen LogP contribution in [-0.2, 0) is 7.05 Å². The summed E-state index contributed by atoms with van der Waals surface area (Å²) in [5.74, 6) is 0. The Morgan fingerprint density at radius 3 is 2.90 bits per heavy atom. The number of hydrogen-bond donors (Lipinski definition) is 1. The van der Waals surface area contributed by atoms with Gasteiger partial charge in [0.2, 0.25) is 0 Å². The van der Waals surface area contributed by atoms with E-state index in [1.807, 2.05) is 30.2 Å². The standard InChI is InChI=1S/C16H18N4/c1-3-17-16(15-10-20(2)11-19-15)13-7-6-12-5-4-8-18-14(12)9-13/h4-11,16-17H,3H2,1-2H3. The molecule has 0 saturated carbocycles. The minimum Gasteiger partial charge on any atom is -0.340 e. The largest absolute Gasteiger partial charge is 0.340 e. The highest BCUT2D eigenvalue weighted by molar-refractivity contribution is 5.79. The maximum absolute atomic E-state index is 4.47. The van der Waals surface area contributed by atoms with Crippen LogP contribution in [0.3, 0.4) is 0 Å². The number of benzene rings is 1. The molecule has 0 aliphatic carbocycles. The van der Waals surface area contributed by atoms with Crippen molar-refractivity contribution >= 4 is 10.9 Å². The SMILES string of the molecule is CCNC(c1ccc2cccnc2c1)c1cn(C)cn1. The van der Waals surface area contributed by atoms with Gasteiger partial charge in [0, 0.05) is 24.8 Å². The lowest BCUT2D eigenvalue weighted by Gasteiger charge is -2.16. The molecule has 0 bridgehead atoms. The number of nitrogens with zero attached hydrogens (tertiary/aromatic N) is 3. The van der Waals surface area contributed by atoms with Crippen LogP contribution >= 0.6 is 0 Å². The van der Waals surface area contributed by atoms with Crippen LogP contribution in [0.5, 0.6) is 0 Å². The van der Waals surface area contributed by atoms with E-state index in [1.165, 1.54) is 5.56 Å². The van der Waals surface area contributed by atoms with Gasteiger partial charge in [-0.05, 0) is 24.2 Å². The van der Waals surface area contributed by atoms with E-state index in [0.29, 0.717) is 0 Å². The van der Waals surface area contributed by atoms with E-state index in [4.69, 9.17) is 0 Å². The predicted octanol–water partition coefficient (Wildman–Crippen LogP) is 2.67. The number of aryl methyl sites for hydroxylation is 1. The Morgan fingerprint density at radius 1 is 1.25 bits per heavy atom. The van der Waals surface area contributed by atoms with Gasteiger partial charge in [-0.3, -0.25) is 4.98 Å². The molecule has 102 valence electrons. The van der Waals surface area contributed by atoms with Crippen molar-refractivity contribution in [2.75, 3.05) is 6.54 Å². The average Bonchev–Trinajstić information content (AvgIpc) is 2.90. The molecular formula is C16H18N4. The zero-order chi connectivity index (χ0) is 13.9. The Kier molecular flexibility index (Phi) is 3.48. The fourth-order valence-corrected chi connectivity index (χ4v) is 2.44. The molecule has 0 radical (unpaired) electrons. The van der Waals surface area contributed by atoms with E-state index in [1.54, 1.807) is 0 Å². The molecule has 1 atom stereocenters. The fourth-order valence-electron chi connectivity index (χ4n) is 2.44. The van der Waals surface area contributed by atoms with Gasteiger partial charge in [-0.25, -0.2) is 4.98 Å². The van der Waals surface area contributed by atoms with E-state index in [2.05, 4.69) is 52.7 Å². The summed E-state index contributed by atoms with van der Waals surface area (Å²) in [6.45, 7) is 3.00. The van der Waals surface area contributed by atoms with Crippen molar-refractivity contribution in [3.05, 3.63) is 60.3 Å². The third kappa shape index (κ3) is 2.42. The van der Waals surface area contributed by atoms with Gasteiger partial charge < -0.3 is 9.88 Å². The molecule has 0 saturated heterocycles. The van der Waals surface area contributed by atoms with Gasteiger partial charge in [0.25, 0.3) is 0 Å². The smallest absolute Gasteiger partial charge is 0.0947 e. The average molecular weight is 266 g/mol. The summed E-state index contributed by atoms with van der Waals surface area (Å²) in [7, 11) is 1.99. The highest BCUT2D eigenvalue weighted by Gasteiger charge is 2.15. The summed E-state index contributed by atoms with van der Waals surface area (Å²) in [5, 5.41) is 4.65. The number of hydrogen-bond acceptors (Lipinski definition) is 3. The summed E-state index contributed by atoms with van der Waals surface area (Å²) in [6, 6.07) is 10.5. The highest BCUT2D eigenvalue weighted by Crippen LogP contribution is 2.23. The van der Waals surface area contributed by atoms with E-state index in [0.717, 1.165) is 23.1 Å². The number of aromatic nitrogens is 3. The van der Waals surface area contributed by atoms with Gasteiger partial charge in [-0.1, -0.05) is 25.1 Å². The minimum absolute atomic E-state index is 0.104. The van der Waals surface area contributed by atoms with E-state index in [9.17, 15) is 0 Å². The van der Waals surface area contributed by atoms with Crippen LogP contribution in [0.15, 0.2) is 49.1 Å². The van der Waals surface area contributed by atoms with Crippen molar-refractivity contribution in [3.63, 3.8) is 0 Å². The molecule has 2 heterocycles. The van der Waals surface area contributed by atoms with Crippen LogP contribution in [-0.4, -0.2) is 21.1 Å². The number of pyridine rings is 1. The molecule has 4 nitrogen and oxygen atoms in total. The van der Waals surface area contributed by atoms with E-state index < -0.39 is 0 Å². The number of rotatable bonds is 4. The van der Waals surface area contributed by atoms with Gasteiger partial charge in [-0.15, -0.1) is 0 Å². The number of fused-ring (bicyclic) bond motifs is 1. The second-order valence-electron chi connectivity index (χ2n) is 4.91. The van der Waals surface area contributed by atoms with Crippen LogP contribution < -0.4 is 5.32 Å². The first-order valence-corrected chi connectivity index (χ1v) is 6.84. The van der Waals surface area contributed by atoms with E-state index in [-0.39, 0.29) is 6.04 Å². The summed E-state index contributed by atoms with van der Waals surface area (Å²) in [6.07, 6.45) is 5.71. The molecule has 2 aromatic heterocycles. The zero-order valence-corrected chi connectivity index (χ0v) is 11.7. The van der Waals surface area contributed by atoms with Gasteiger partial charge in [0.1, 0.15) is 0 Å². The monoisotopic (exact) mass is 266 g/mol. The molecular weight excluding hydrogens is 248 g/mol. The molecule has 20 heavy (non-hydrogen) atoms. The molecule has 1 unspecified atom stereocenters. The molecule has 4 heteroatoms. The van der Waals surface area contributed by atoms with Gasteiger partial charge in [0.15, 0.2) is 0 Å². The Labute approximate surface area is 118 Å². The van der Waals surface area contributed by atoms with Crippen molar-refractivity contribution in [3.8, 4) is 0 Å². The van der Waals surface area contributed by atoms with Crippen LogP contribution in [0, 0.1) is 0 Å². The quantitative estimate of drug-likeness (QED) is 0.789. The molecule has 0 spiro atoms. The Hall–Kier alpha value is -2.20. The summed E-state index contributed by atoms with van der Waals surface area (Å²) < 4.78 is 1.97. The molecule has 0 fully saturated rings. The third-order valence-electron chi connectivity index (χ3n) is 3.39. The van der Waals surface area contributed by atoms with Crippen LogP contribution in [0.25, 0.3) is 10.9 Å². The molecule has 1 aromatic carbocycles. The van der Waals surface area contributed by atoms with Crippen LogP contribution in [0.1, 0.15) is 24.2 Å². The molecule has 3 aromatic rings. The summed E-state index contributed by atoms with van der Waals surface area (Å²) >= 11 is 0. The lowest BCUT2D eigenvalue weighted by atomic mass is 10.0. The third-order valence-corrected chi connectivity index (χ3v) is 3.39. The number of imidazole rings is 1. The zero-order valence-electron chi connectivity index (χ0n) is 11.7. The molecule has 0 amide bonds. The number of nitrogens with one attached hydrogen (secondary N) is 1. The summed E-state index contributed by atoms with van der Waals surface area (Å²) in [4.78, 5) is 8.90. The minimum atomic E-state index is 0.104. The molecule has 1 N–H and O–H groups in total. The lowest BCUT2D eigenvalue weighted by Crippen LogP contribution is -2.22. The van der Waals surface area contributed by atoms with Gasteiger partial charge >= 0.3 is 0 Å². The maximum atomic E-state index is 4.47. The molecule has 0 aliphatic rings. The fraction of sp³-hybridized carbons (Fsp3) is 0.250. The van der Waals surface area contributed by atoms with Gasteiger partial charge in [-0.2, -0.15) is 0 Å². The van der Waals surface area contributed by atoms with Crippen LogP contribution in [0.4, 0.5) is 0 Å². The second kappa shape index (κ2) is 5.43. The topological polar surface area (TPSA) is 42.7 Å². The molecule has 3 rings (SSSR count). The van der Waals surface area contributed by atoms with Crippen molar-refractivity contribution in [2.45, 2.75) is 13.0 Å². The Morgan fingerprint density at radius 2 is 2.15 bits per heavy atom. The first-order chi connectivity index (χ1) is 9.78. The Bertz CT molecular complexity index is 717. The van der Waals surface area contributed by atoms with Crippen molar-refractivity contribution in [2.24, 2.45) is 7.05 Å². The van der Waals surface area contributed by atoms with Crippen molar-refractivity contribution in [1.29, 1.82) is 0 Å². The molecule has 0 aliphatic heterocycles.